The summed E-state index contributed by atoms with van der Waals surface area (Å²) in [4.78, 5) is 0. The minimum atomic E-state index is 0.570. The van der Waals surface area contributed by atoms with Gasteiger partial charge in [0.2, 0.25) is 5.75 Å². The van der Waals surface area contributed by atoms with Crippen molar-refractivity contribution in [1.29, 1.82) is 0 Å². The Morgan fingerprint density at radius 1 is 0.542 bits per heavy atom. The second-order valence-electron chi connectivity index (χ2n) is 4.94. The predicted octanol–water partition coefficient (Wildman–Crippen LogP) is 3.90. The van der Waals surface area contributed by atoms with Crippen LogP contribution in [0, 0.1) is 0 Å². The molecule has 2 rings (SSSR count). The average molecular weight is 330 g/mol. The van der Waals surface area contributed by atoms with Crippen LogP contribution in [0.4, 0.5) is 0 Å². The molecule has 0 heterocycles. The Hall–Kier alpha value is -2.82. The molecule has 0 radical (unpaired) electrons. The molecule has 5 heteroatoms. The molecule has 0 fully saturated rings. The van der Waals surface area contributed by atoms with E-state index in [1.807, 2.05) is 42.5 Å². The second-order valence-corrected chi connectivity index (χ2v) is 4.94. The summed E-state index contributed by atoms with van der Waals surface area (Å²) in [5, 5.41) is 0. The zero-order valence-electron chi connectivity index (χ0n) is 14.6. The molecule has 0 unspecified atom stereocenters. The van der Waals surface area contributed by atoms with Crippen LogP contribution in [0.2, 0.25) is 0 Å². The van der Waals surface area contributed by atoms with Gasteiger partial charge < -0.3 is 23.7 Å². The lowest BCUT2D eigenvalue weighted by Crippen LogP contribution is -1.95. The number of hydrogen-bond acceptors (Lipinski definition) is 5. The van der Waals surface area contributed by atoms with E-state index in [2.05, 4.69) is 0 Å². The van der Waals surface area contributed by atoms with Gasteiger partial charge in [-0.25, -0.2) is 0 Å². The summed E-state index contributed by atoms with van der Waals surface area (Å²) >= 11 is 0. The predicted molar refractivity (Wildman–Crippen MR) is 94.6 cm³/mol. The fourth-order valence-electron chi connectivity index (χ4n) is 2.32. The maximum Gasteiger partial charge on any atom is 0.203 e. The molecule has 0 N–H and O–H groups in total. The van der Waals surface area contributed by atoms with Crippen molar-refractivity contribution in [3.05, 3.63) is 41.5 Å². The van der Waals surface area contributed by atoms with Crippen LogP contribution >= 0.6 is 0 Å². The molecule has 128 valence electrons. The molecule has 5 nitrogen and oxygen atoms in total. The van der Waals surface area contributed by atoms with E-state index < -0.39 is 0 Å². The van der Waals surface area contributed by atoms with Gasteiger partial charge >= 0.3 is 0 Å². The monoisotopic (exact) mass is 330 g/mol. The van der Waals surface area contributed by atoms with Gasteiger partial charge in [0, 0.05) is 6.07 Å². The molecule has 2 aromatic rings. The third kappa shape index (κ3) is 3.93. The average Bonchev–Trinajstić information content (AvgIpc) is 2.64. The molecule has 2 aromatic carbocycles. The molecule has 0 spiro atoms. The SMILES string of the molecule is COc1cc(/C=C\c2cc(OC)c(OC)c(OC)c2)cc(OC)c1. The normalized spacial score (nSPS) is 10.5. The Bertz CT molecular complexity index is 674. The first-order valence-corrected chi connectivity index (χ1v) is 7.36. The highest BCUT2D eigenvalue weighted by Crippen LogP contribution is 2.38. The Labute approximate surface area is 142 Å². The number of ether oxygens (including phenoxy) is 5. The van der Waals surface area contributed by atoms with Gasteiger partial charge in [0.1, 0.15) is 11.5 Å². The van der Waals surface area contributed by atoms with E-state index >= 15 is 0 Å². The fraction of sp³-hybridized carbons (Fsp3) is 0.263. The van der Waals surface area contributed by atoms with Crippen molar-refractivity contribution < 1.29 is 23.7 Å². The van der Waals surface area contributed by atoms with E-state index in [1.165, 1.54) is 0 Å². The summed E-state index contributed by atoms with van der Waals surface area (Å²) in [6.07, 6.45) is 3.92. The van der Waals surface area contributed by atoms with E-state index in [0.717, 1.165) is 22.6 Å². The first-order chi connectivity index (χ1) is 11.6. The van der Waals surface area contributed by atoms with Gasteiger partial charge in [-0.15, -0.1) is 0 Å². The van der Waals surface area contributed by atoms with Crippen molar-refractivity contribution in [3.63, 3.8) is 0 Å². The van der Waals surface area contributed by atoms with Crippen LogP contribution in [0.1, 0.15) is 11.1 Å². The lowest BCUT2D eigenvalue weighted by Gasteiger charge is -2.12. The molecule has 0 aliphatic carbocycles. The van der Waals surface area contributed by atoms with Gasteiger partial charge in [-0.1, -0.05) is 12.2 Å². The second kappa shape index (κ2) is 8.15. The topological polar surface area (TPSA) is 46.2 Å². The van der Waals surface area contributed by atoms with Crippen LogP contribution in [0.15, 0.2) is 30.3 Å². The van der Waals surface area contributed by atoms with E-state index in [4.69, 9.17) is 23.7 Å². The Kier molecular flexibility index (Phi) is 5.95. The molecule has 0 aliphatic heterocycles. The molecule has 0 aliphatic rings. The highest BCUT2D eigenvalue weighted by Gasteiger charge is 2.12. The van der Waals surface area contributed by atoms with Crippen molar-refractivity contribution >= 4 is 12.2 Å². The van der Waals surface area contributed by atoms with Gasteiger partial charge in [-0.3, -0.25) is 0 Å². The van der Waals surface area contributed by atoms with Crippen molar-refractivity contribution in [2.45, 2.75) is 0 Å². The van der Waals surface area contributed by atoms with Gasteiger partial charge in [-0.2, -0.15) is 0 Å². The molecule has 0 atom stereocenters. The summed E-state index contributed by atoms with van der Waals surface area (Å²) in [6.45, 7) is 0. The van der Waals surface area contributed by atoms with Gasteiger partial charge in [0.05, 0.1) is 35.5 Å². The van der Waals surface area contributed by atoms with E-state index in [9.17, 15) is 0 Å². The van der Waals surface area contributed by atoms with Crippen LogP contribution in [0.3, 0.4) is 0 Å². The van der Waals surface area contributed by atoms with Crippen LogP contribution in [0.25, 0.3) is 12.2 Å². The quantitative estimate of drug-likeness (QED) is 0.721. The smallest absolute Gasteiger partial charge is 0.203 e. The van der Waals surface area contributed by atoms with Crippen LogP contribution in [-0.2, 0) is 0 Å². The maximum absolute atomic E-state index is 5.37. The van der Waals surface area contributed by atoms with E-state index in [1.54, 1.807) is 35.5 Å². The standard InChI is InChI=1S/C19H22O5/c1-20-15-8-13(9-16(12-15)21-2)6-7-14-10-17(22-3)19(24-5)18(11-14)23-4/h6-12H,1-5H3/b7-6-. The molecular weight excluding hydrogens is 308 g/mol. The van der Waals surface area contributed by atoms with Crippen molar-refractivity contribution in [1.82, 2.24) is 0 Å². The fourth-order valence-corrected chi connectivity index (χ4v) is 2.32. The number of methoxy groups -OCH3 is 5. The highest BCUT2D eigenvalue weighted by atomic mass is 16.5. The van der Waals surface area contributed by atoms with Crippen molar-refractivity contribution in [2.75, 3.05) is 35.5 Å². The minimum absolute atomic E-state index is 0.570. The lowest BCUT2D eigenvalue weighted by atomic mass is 10.1. The molecular formula is C19H22O5. The minimum Gasteiger partial charge on any atom is -0.497 e. The first-order valence-electron chi connectivity index (χ1n) is 7.36. The number of benzene rings is 2. The first kappa shape index (κ1) is 17.5. The summed E-state index contributed by atoms with van der Waals surface area (Å²) in [5.41, 5.74) is 1.88. The third-order valence-corrected chi connectivity index (χ3v) is 3.53. The highest BCUT2D eigenvalue weighted by molar-refractivity contribution is 5.73. The van der Waals surface area contributed by atoms with Gasteiger partial charge in [0.15, 0.2) is 11.5 Å². The number of hydrogen-bond donors (Lipinski definition) is 0. The lowest BCUT2D eigenvalue weighted by molar-refractivity contribution is 0.324. The van der Waals surface area contributed by atoms with E-state index in [-0.39, 0.29) is 0 Å². The zero-order valence-corrected chi connectivity index (χ0v) is 14.6. The summed E-state index contributed by atoms with van der Waals surface area (Å²) in [5.74, 6) is 3.26. The summed E-state index contributed by atoms with van der Waals surface area (Å²) in [6, 6.07) is 9.45. The molecule has 0 saturated heterocycles. The van der Waals surface area contributed by atoms with Crippen LogP contribution in [-0.4, -0.2) is 35.5 Å². The maximum atomic E-state index is 5.37. The molecule has 0 saturated carbocycles. The third-order valence-electron chi connectivity index (χ3n) is 3.53. The van der Waals surface area contributed by atoms with Crippen LogP contribution < -0.4 is 23.7 Å². The largest absolute Gasteiger partial charge is 0.497 e. The zero-order chi connectivity index (χ0) is 17.5. The Morgan fingerprint density at radius 2 is 1.00 bits per heavy atom. The Balaban J connectivity index is 2.38. The summed E-state index contributed by atoms with van der Waals surface area (Å²) in [7, 11) is 8.02. The van der Waals surface area contributed by atoms with Gasteiger partial charge in [0.25, 0.3) is 0 Å². The van der Waals surface area contributed by atoms with Crippen molar-refractivity contribution in [3.8, 4) is 28.7 Å². The molecule has 0 bridgehead atoms. The van der Waals surface area contributed by atoms with Gasteiger partial charge in [-0.05, 0) is 35.4 Å². The van der Waals surface area contributed by atoms with E-state index in [0.29, 0.717) is 17.2 Å². The Morgan fingerprint density at radius 3 is 1.38 bits per heavy atom. The molecule has 0 amide bonds. The molecule has 0 aromatic heterocycles. The molecule has 24 heavy (non-hydrogen) atoms. The summed E-state index contributed by atoms with van der Waals surface area (Å²) < 4.78 is 26.6. The number of rotatable bonds is 7. The van der Waals surface area contributed by atoms with Crippen LogP contribution in [0.5, 0.6) is 28.7 Å². The van der Waals surface area contributed by atoms with Crippen molar-refractivity contribution in [2.24, 2.45) is 0 Å².